The Morgan fingerprint density at radius 3 is 2.62 bits per heavy atom. The fourth-order valence-electron chi connectivity index (χ4n) is 2.89. The smallest absolute Gasteiger partial charge is 0.335 e. The summed E-state index contributed by atoms with van der Waals surface area (Å²) in [7, 11) is 1.83. The van der Waals surface area contributed by atoms with Gasteiger partial charge >= 0.3 is 5.97 Å². The molecule has 7 nitrogen and oxygen atoms in total. The van der Waals surface area contributed by atoms with Crippen molar-refractivity contribution in [2.45, 2.75) is 6.10 Å². The average Bonchev–Trinajstić information content (AvgIpc) is 3.26. The molecule has 0 aliphatic rings. The zero-order chi connectivity index (χ0) is 18.3. The second-order valence-corrected chi connectivity index (χ2v) is 6.04. The number of H-pyrrole nitrogens is 1. The molecular weight excluding hydrogens is 332 g/mol. The highest BCUT2D eigenvalue weighted by Crippen LogP contribution is 2.25. The van der Waals surface area contributed by atoms with E-state index in [1.807, 2.05) is 31.3 Å². The van der Waals surface area contributed by atoms with E-state index in [4.69, 9.17) is 5.11 Å². The molecule has 2 heterocycles. The van der Waals surface area contributed by atoms with Gasteiger partial charge in [-0.15, -0.1) is 0 Å². The van der Waals surface area contributed by atoms with E-state index in [0.717, 1.165) is 11.1 Å². The van der Waals surface area contributed by atoms with E-state index < -0.39 is 12.1 Å². The number of nitrogens with zero attached hydrogens (tertiary/aromatic N) is 3. The number of aromatic nitrogens is 4. The standard InChI is InChI=1S/C19H16N4O3/c1-23-9-8-20-18(23)16(24)11-2-4-12(5-3-11)17-21-14-7-6-13(19(25)26)10-15(14)22-17/h2-10,16,24H,1H3,(H,21,22)(H,25,26). The van der Waals surface area contributed by atoms with Crippen LogP contribution in [0.2, 0.25) is 0 Å². The van der Waals surface area contributed by atoms with Crippen LogP contribution in [0, 0.1) is 0 Å². The number of aromatic amines is 1. The molecule has 3 N–H and O–H groups in total. The highest BCUT2D eigenvalue weighted by molar-refractivity contribution is 5.93. The van der Waals surface area contributed by atoms with Crippen LogP contribution < -0.4 is 0 Å². The summed E-state index contributed by atoms with van der Waals surface area (Å²) in [5, 5.41) is 19.5. The zero-order valence-corrected chi connectivity index (χ0v) is 13.9. The molecule has 0 radical (unpaired) electrons. The predicted molar refractivity (Wildman–Crippen MR) is 95.8 cm³/mol. The number of imidazole rings is 2. The first-order valence-electron chi connectivity index (χ1n) is 8.01. The number of aromatic carboxylic acids is 1. The van der Waals surface area contributed by atoms with Gasteiger partial charge in [-0.3, -0.25) is 0 Å². The lowest BCUT2D eigenvalue weighted by molar-refractivity contribution is 0.0697. The summed E-state index contributed by atoms with van der Waals surface area (Å²) in [4.78, 5) is 22.9. The summed E-state index contributed by atoms with van der Waals surface area (Å²) in [6.07, 6.45) is 2.62. The molecule has 0 spiro atoms. The minimum Gasteiger partial charge on any atom is -0.478 e. The van der Waals surface area contributed by atoms with E-state index >= 15 is 0 Å². The van der Waals surface area contributed by atoms with Crippen LogP contribution >= 0.6 is 0 Å². The highest BCUT2D eigenvalue weighted by atomic mass is 16.4. The van der Waals surface area contributed by atoms with Crippen molar-refractivity contribution in [3.05, 3.63) is 71.8 Å². The van der Waals surface area contributed by atoms with E-state index in [1.165, 1.54) is 6.07 Å². The van der Waals surface area contributed by atoms with Gasteiger partial charge in [0.25, 0.3) is 0 Å². The van der Waals surface area contributed by atoms with Crippen molar-refractivity contribution in [1.82, 2.24) is 19.5 Å². The van der Waals surface area contributed by atoms with Gasteiger partial charge < -0.3 is 19.8 Å². The molecule has 2 aromatic heterocycles. The molecule has 4 rings (SSSR count). The maximum absolute atomic E-state index is 11.1. The molecule has 0 saturated carbocycles. The summed E-state index contributed by atoms with van der Waals surface area (Å²) in [6, 6.07) is 12.1. The fourth-order valence-corrected chi connectivity index (χ4v) is 2.89. The molecule has 1 atom stereocenters. The molecule has 0 bridgehead atoms. The third kappa shape index (κ3) is 2.74. The molecule has 1 unspecified atom stereocenters. The number of carboxylic acids is 1. The first-order valence-corrected chi connectivity index (χ1v) is 8.01. The van der Waals surface area contributed by atoms with Crippen molar-refractivity contribution in [2.24, 2.45) is 7.05 Å². The number of carbonyl (C=O) groups is 1. The van der Waals surface area contributed by atoms with Crippen molar-refractivity contribution in [1.29, 1.82) is 0 Å². The van der Waals surface area contributed by atoms with Gasteiger partial charge in [0.05, 0.1) is 16.6 Å². The molecule has 0 aliphatic heterocycles. The van der Waals surface area contributed by atoms with Crippen LogP contribution in [0.1, 0.15) is 27.8 Å². The SMILES string of the molecule is Cn1ccnc1C(O)c1ccc(-c2nc3ccc(C(=O)O)cc3[nH]2)cc1. The number of carboxylic acid groups (broad SMARTS) is 1. The molecule has 130 valence electrons. The lowest BCUT2D eigenvalue weighted by atomic mass is 10.1. The largest absolute Gasteiger partial charge is 0.478 e. The Labute approximate surface area is 148 Å². The Hall–Kier alpha value is -3.45. The van der Waals surface area contributed by atoms with E-state index in [2.05, 4.69) is 15.0 Å². The number of aryl methyl sites for hydroxylation is 1. The van der Waals surface area contributed by atoms with Gasteiger partial charge in [-0.1, -0.05) is 24.3 Å². The minimum atomic E-state index is -0.976. The van der Waals surface area contributed by atoms with E-state index in [-0.39, 0.29) is 5.56 Å². The van der Waals surface area contributed by atoms with E-state index in [9.17, 15) is 9.90 Å². The van der Waals surface area contributed by atoms with Gasteiger partial charge in [0.2, 0.25) is 0 Å². The monoisotopic (exact) mass is 348 g/mol. The van der Waals surface area contributed by atoms with Crippen LogP contribution in [0.4, 0.5) is 0 Å². The van der Waals surface area contributed by atoms with Crippen LogP contribution in [-0.4, -0.2) is 35.7 Å². The number of nitrogens with one attached hydrogen (secondary N) is 1. The Morgan fingerprint density at radius 2 is 1.96 bits per heavy atom. The molecule has 0 aliphatic carbocycles. The number of hydrogen-bond acceptors (Lipinski definition) is 4. The first kappa shape index (κ1) is 16.0. The van der Waals surface area contributed by atoms with Gasteiger partial charge in [0.1, 0.15) is 17.8 Å². The normalized spacial score (nSPS) is 12.4. The topological polar surface area (TPSA) is 104 Å². The molecule has 0 amide bonds. The quantitative estimate of drug-likeness (QED) is 0.526. The fraction of sp³-hybridized carbons (Fsp3) is 0.105. The molecule has 4 aromatic rings. The van der Waals surface area contributed by atoms with Crippen molar-refractivity contribution in [3.63, 3.8) is 0 Å². The number of aliphatic hydroxyl groups is 1. The maximum Gasteiger partial charge on any atom is 0.335 e. The zero-order valence-electron chi connectivity index (χ0n) is 13.9. The van der Waals surface area contributed by atoms with Crippen LogP contribution in [0.25, 0.3) is 22.4 Å². The van der Waals surface area contributed by atoms with E-state index in [1.54, 1.807) is 29.1 Å². The van der Waals surface area contributed by atoms with Gasteiger partial charge in [0.15, 0.2) is 0 Å². The second-order valence-electron chi connectivity index (χ2n) is 6.04. The predicted octanol–water partition coefficient (Wildman–Crippen LogP) is 2.74. The van der Waals surface area contributed by atoms with Gasteiger partial charge in [-0.2, -0.15) is 0 Å². The third-order valence-electron chi connectivity index (χ3n) is 4.33. The molecule has 2 aromatic carbocycles. The molecule has 7 heteroatoms. The lowest BCUT2D eigenvalue weighted by Gasteiger charge is -2.11. The van der Waals surface area contributed by atoms with Crippen LogP contribution in [0.5, 0.6) is 0 Å². The molecule has 26 heavy (non-hydrogen) atoms. The second kappa shape index (κ2) is 6.12. The van der Waals surface area contributed by atoms with Crippen molar-refractivity contribution in [2.75, 3.05) is 0 Å². The Morgan fingerprint density at radius 1 is 1.19 bits per heavy atom. The minimum absolute atomic E-state index is 0.209. The molecule has 0 fully saturated rings. The van der Waals surface area contributed by atoms with Crippen molar-refractivity contribution < 1.29 is 15.0 Å². The van der Waals surface area contributed by atoms with Gasteiger partial charge in [-0.05, 0) is 23.8 Å². The maximum atomic E-state index is 11.1. The lowest BCUT2D eigenvalue weighted by Crippen LogP contribution is -2.06. The number of hydrogen-bond donors (Lipinski definition) is 3. The summed E-state index contributed by atoms with van der Waals surface area (Å²) in [5.41, 5.74) is 3.14. The summed E-state index contributed by atoms with van der Waals surface area (Å²) >= 11 is 0. The van der Waals surface area contributed by atoms with Gasteiger partial charge in [-0.25, -0.2) is 14.8 Å². The Bertz CT molecular complexity index is 1100. The highest BCUT2D eigenvalue weighted by Gasteiger charge is 2.15. The number of aliphatic hydroxyl groups excluding tert-OH is 1. The third-order valence-corrected chi connectivity index (χ3v) is 4.33. The average molecular weight is 348 g/mol. The van der Waals surface area contributed by atoms with Crippen molar-refractivity contribution >= 4 is 17.0 Å². The van der Waals surface area contributed by atoms with Crippen LogP contribution in [0.3, 0.4) is 0 Å². The number of rotatable bonds is 4. The van der Waals surface area contributed by atoms with Crippen LogP contribution in [-0.2, 0) is 7.05 Å². The Kier molecular flexibility index (Phi) is 3.78. The summed E-state index contributed by atoms with van der Waals surface area (Å²) in [5.74, 6) is 0.235. The molecule has 0 saturated heterocycles. The van der Waals surface area contributed by atoms with Gasteiger partial charge in [0, 0.05) is 25.0 Å². The summed E-state index contributed by atoms with van der Waals surface area (Å²) in [6.45, 7) is 0. The Balaban J connectivity index is 1.65. The first-order chi connectivity index (χ1) is 12.5. The molecular formula is C19H16N4O3. The van der Waals surface area contributed by atoms with E-state index in [0.29, 0.717) is 22.7 Å². The number of fused-ring (bicyclic) bond motifs is 1. The van der Waals surface area contributed by atoms with Crippen LogP contribution in [0.15, 0.2) is 54.9 Å². The summed E-state index contributed by atoms with van der Waals surface area (Å²) < 4.78 is 1.78. The van der Waals surface area contributed by atoms with Crippen molar-refractivity contribution in [3.8, 4) is 11.4 Å². The number of benzene rings is 2.